The molecule has 1 aromatic rings. The van der Waals surface area contributed by atoms with Crippen LogP contribution in [0.4, 0.5) is 0 Å². The Labute approximate surface area is 105 Å². The van der Waals surface area contributed by atoms with Gasteiger partial charge in [-0.25, -0.2) is 0 Å². The molecule has 1 N–H and O–H groups in total. The average molecular weight is 251 g/mol. The van der Waals surface area contributed by atoms with E-state index in [1.807, 2.05) is 16.8 Å². The first kappa shape index (κ1) is 14.1. The van der Waals surface area contributed by atoms with Crippen LogP contribution in [0.2, 0.25) is 0 Å². The molecule has 0 aliphatic carbocycles. The normalized spacial score (nSPS) is 9.83. The summed E-state index contributed by atoms with van der Waals surface area (Å²) in [5.74, 6) is -0.128. The van der Waals surface area contributed by atoms with Crippen molar-refractivity contribution in [1.29, 1.82) is 0 Å². The molecule has 7 nitrogen and oxygen atoms in total. The second-order valence-corrected chi connectivity index (χ2v) is 3.64. The summed E-state index contributed by atoms with van der Waals surface area (Å²) in [4.78, 5) is 14.5. The smallest absolute Gasteiger partial charge is 0.267 e. The van der Waals surface area contributed by atoms with Crippen molar-refractivity contribution >= 4 is 5.91 Å². The molecule has 0 aliphatic rings. The van der Waals surface area contributed by atoms with Crippen molar-refractivity contribution < 1.29 is 9.53 Å². The predicted octanol–water partition coefficient (Wildman–Crippen LogP) is 1.56. The van der Waals surface area contributed by atoms with Gasteiger partial charge in [-0.05, 0) is 24.1 Å². The van der Waals surface area contributed by atoms with Gasteiger partial charge in [0, 0.05) is 37.9 Å². The van der Waals surface area contributed by atoms with E-state index in [2.05, 4.69) is 15.3 Å². The van der Waals surface area contributed by atoms with Crippen molar-refractivity contribution in [3.05, 3.63) is 34.5 Å². The zero-order chi connectivity index (χ0) is 13.2. The fourth-order valence-corrected chi connectivity index (χ4v) is 1.49. The third kappa shape index (κ3) is 4.48. The third-order valence-electron chi connectivity index (χ3n) is 2.38. The Balaban J connectivity index is 2.41. The molecule has 0 aliphatic heterocycles. The molecule has 0 spiro atoms. The van der Waals surface area contributed by atoms with Gasteiger partial charge in [0.05, 0.1) is 6.61 Å². The summed E-state index contributed by atoms with van der Waals surface area (Å²) in [7, 11) is 1.62. The summed E-state index contributed by atoms with van der Waals surface area (Å²) < 4.78 is 6.82. The number of ether oxygens (including phenoxy) is 1. The molecule has 7 heteroatoms. The molecule has 0 bridgehead atoms. The molecule has 1 amide bonds. The van der Waals surface area contributed by atoms with Gasteiger partial charge >= 0.3 is 0 Å². The van der Waals surface area contributed by atoms with Gasteiger partial charge < -0.3 is 14.6 Å². The summed E-state index contributed by atoms with van der Waals surface area (Å²) in [6, 6.07) is 3.59. The monoisotopic (exact) mass is 251 g/mol. The molecule has 0 radical (unpaired) electrons. The quantitative estimate of drug-likeness (QED) is 0.328. The van der Waals surface area contributed by atoms with Crippen LogP contribution in [-0.2, 0) is 11.3 Å². The Morgan fingerprint density at radius 2 is 2.50 bits per heavy atom. The highest BCUT2D eigenvalue weighted by Crippen LogP contribution is 2.02. The molecule has 1 aromatic heterocycles. The first-order valence-corrected chi connectivity index (χ1v) is 5.72. The number of aromatic nitrogens is 1. The average Bonchev–Trinajstić information content (AvgIpc) is 2.84. The fraction of sp³-hybridized carbons (Fsp3) is 0.545. The van der Waals surface area contributed by atoms with E-state index in [0.717, 1.165) is 0 Å². The van der Waals surface area contributed by atoms with E-state index in [9.17, 15) is 4.79 Å². The number of amides is 1. The van der Waals surface area contributed by atoms with E-state index in [1.165, 1.54) is 0 Å². The number of azide groups is 1. The molecule has 0 fully saturated rings. The lowest BCUT2D eigenvalue weighted by Gasteiger charge is -2.08. The number of methoxy groups -OCH3 is 1. The highest BCUT2D eigenvalue weighted by Gasteiger charge is 2.09. The summed E-state index contributed by atoms with van der Waals surface area (Å²) in [6.45, 7) is 2.09. The van der Waals surface area contributed by atoms with Gasteiger partial charge in [0.15, 0.2) is 0 Å². The Bertz CT molecular complexity index is 423. The van der Waals surface area contributed by atoms with Crippen molar-refractivity contribution in [1.82, 2.24) is 9.88 Å². The Kier molecular flexibility index (Phi) is 6.38. The standard InChI is InChI=1S/C11H17N5O2/c1-18-9-8-16-7-2-4-10(16)11(17)13-5-3-6-14-15-12/h2,4,7H,3,5-6,8-9H2,1H3,(H,13,17). The van der Waals surface area contributed by atoms with Crippen LogP contribution in [0.25, 0.3) is 10.4 Å². The molecule has 0 saturated carbocycles. The van der Waals surface area contributed by atoms with E-state index < -0.39 is 0 Å². The number of rotatable bonds is 8. The number of nitrogens with zero attached hydrogens (tertiary/aromatic N) is 4. The van der Waals surface area contributed by atoms with Gasteiger partial charge in [-0.2, -0.15) is 0 Å². The number of hydrogen-bond acceptors (Lipinski definition) is 3. The minimum atomic E-state index is -0.128. The Hall–Kier alpha value is -1.98. The zero-order valence-electron chi connectivity index (χ0n) is 10.4. The lowest BCUT2D eigenvalue weighted by Crippen LogP contribution is -2.27. The van der Waals surface area contributed by atoms with Crippen LogP contribution in [0.5, 0.6) is 0 Å². The van der Waals surface area contributed by atoms with Gasteiger partial charge in [0.2, 0.25) is 0 Å². The number of nitrogens with one attached hydrogen (secondary N) is 1. The molecule has 18 heavy (non-hydrogen) atoms. The molecule has 98 valence electrons. The van der Waals surface area contributed by atoms with Gasteiger partial charge in [-0.3, -0.25) is 4.79 Å². The second kappa shape index (κ2) is 8.16. The maximum atomic E-state index is 11.8. The van der Waals surface area contributed by atoms with Gasteiger partial charge in [0.1, 0.15) is 5.69 Å². The molecule has 0 saturated heterocycles. The number of carbonyl (C=O) groups is 1. The first-order chi connectivity index (χ1) is 8.79. The van der Waals surface area contributed by atoms with E-state index in [-0.39, 0.29) is 5.91 Å². The molecule has 0 aromatic carbocycles. The summed E-state index contributed by atoms with van der Waals surface area (Å²) in [5.41, 5.74) is 8.71. The van der Waals surface area contributed by atoms with Crippen LogP contribution in [-0.4, -0.2) is 37.3 Å². The molecular formula is C11H17N5O2. The Morgan fingerprint density at radius 3 is 3.22 bits per heavy atom. The predicted molar refractivity (Wildman–Crippen MR) is 67.3 cm³/mol. The Morgan fingerprint density at radius 1 is 1.67 bits per heavy atom. The minimum Gasteiger partial charge on any atom is -0.383 e. The lowest BCUT2D eigenvalue weighted by molar-refractivity contribution is 0.0941. The maximum Gasteiger partial charge on any atom is 0.267 e. The van der Waals surface area contributed by atoms with Crippen LogP contribution in [0, 0.1) is 0 Å². The van der Waals surface area contributed by atoms with Crippen molar-refractivity contribution in [2.75, 3.05) is 26.8 Å². The molecule has 0 unspecified atom stereocenters. The fourth-order valence-electron chi connectivity index (χ4n) is 1.49. The summed E-state index contributed by atoms with van der Waals surface area (Å²) in [6.07, 6.45) is 2.47. The van der Waals surface area contributed by atoms with Crippen LogP contribution in [0.1, 0.15) is 16.9 Å². The molecule has 0 atom stereocenters. The highest BCUT2D eigenvalue weighted by molar-refractivity contribution is 5.92. The topological polar surface area (TPSA) is 92.0 Å². The van der Waals surface area contributed by atoms with E-state index in [4.69, 9.17) is 10.3 Å². The van der Waals surface area contributed by atoms with Crippen LogP contribution in [0.3, 0.4) is 0 Å². The van der Waals surface area contributed by atoms with Crippen LogP contribution >= 0.6 is 0 Å². The SMILES string of the molecule is COCCn1cccc1C(=O)NCCCN=[N+]=[N-]. The number of carbonyl (C=O) groups excluding carboxylic acids is 1. The van der Waals surface area contributed by atoms with E-state index in [0.29, 0.717) is 38.4 Å². The first-order valence-electron chi connectivity index (χ1n) is 5.72. The van der Waals surface area contributed by atoms with Crippen molar-refractivity contribution in [3.8, 4) is 0 Å². The molecular weight excluding hydrogens is 234 g/mol. The second-order valence-electron chi connectivity index (χ2n) is 3.64. The van der Waals surface area contributed by atoms with Crippen molar-refractivity contribution in [2.24, 2.45) is 5.11 Å². The minimum absolute atomic E-state index is 0.128. The lowest BCUT2D eigenvalue weighted by atomic mass is 10.3. The van der Waals surface area contributed by atoms with Crippen molar-refractivity contribution in [3.63, 3.8) is 0 Å². The third-order valence-corrected chi connectivity index (χ3v) is 2.38. The molecule has 1 rings (SSSR count). The highest BCUT2D eigenvalue weighted by atomic mass is 16.5. The van der Waals surface area contributed by atoms with Crippen LogP contribution < -0.4 is 5.32 Å². The van der Waals surface area contributed by atoms with Gasteiger partial charge in [0.25, 0.3) is 5.91 Å². The van der Waals surface area contributed by atoms with Gasteiger partial charge in [-0.1, -0.05) is 5.11 Å². The zero-order valence-corrected chi connectivity index (χ0v) is 10.4. The number of hydrogen-bond donors (Lipinski definition) is 1. The summed E-state index contributed by atoms with van der Waals surface area (Å²) in [5, 5.41) is 6.17. The van der Waals surface area contributed by atoms with Crippen molar-refractivity contribution in [2.45, 2.75) is 13.0 Å². The largest absolute Gasteiger partial charge is 0.383 e. The summed E-state index contributed by atoms with van der Waals surface area (Å²) >= 11 is 0. The van der Waals surface area contributed by atoms with Gasteiger partial charge in [-0.15, -0.1) is 0 Å². The molecule has 1 heterocycles. The van der Waals surface area contributed by atoms with Crippen LogP contribution in [0.15, 0.2) is 23.4 Å². The van der Waals surface area contributed by atoms with E-state index >= 15 is 0 Å². The maximum absolute atomic E-state index is 11.8. The van der Waals surface area contributed by atoms with E-state index in [1.54, 1.807) is 13.2 Å².